The van der Waals surface area contributed by atoms with E-state index in [0.29, 0.717) is 22.4 Å². The minimum absolute atomic E-state index is 0.0310. The predicted octanol–water partition coefficient (Wildman–Crippen LogP) is 4.13. The molecule has 0 saturated carbocycles. The highest BCUT2D eigenvalue weighted by atomic mass is 16.2. The molecule has 0 atom stereocenters. The number of ketones is 1. The van der Waals surface area contributed by atoms with E-state index < -0.39 is 11.7 Å². The summed E-state index contributed by atoms with van der Waals surface area (Å²) >= 11 is 0. The molecule has 4 rings (SSSR count). The Morgan fingerprint density at radius 1 is 1.00 bits per heavy atom. The number of carbonyl (C=O) groups excluding carboxylic acids is 2. The van der Waals surface area contributed by atoms with Crippen LogP contribution < -0.4 is 0 Å². The molecular weight excluding hydrogens is 300 g/mol. The van der Waals surface area contributed by atoms with Gasteiger partial charge in [0.05, 0.1) is 16.6 Å². The summed E-state index contributed by atoms with van der Waals surface area (Å²) in [6.45, 7) is 6.37. The maximum atomic E-state index is 12.6. The van der Waals surface area contributed by atoms with Crippen LogP contribution in [0.4, 0.5) is 0 Å². The summed E-state index contributed by atoms with van der Waals surface area (Å²) in [6, 6.07) is 13.4. The van der Waals surface area contributed by atoms with Crippen LogP contribution in [-0.2, 0) is 6.42 Å². The minimum atomic E-state index is -0.507. The standard InChI is InChI=1S/C20H18N2O2/c1-20(2,3)11-13-9-10-14-16-15(13)17(23)19(24)22(16)18(21-14)12-7-5-4-6-8-12/h4-10H,11H2,1-3H3. The normalized spacial score (nSPS) is 14.0. The van der Waals surface area contributed by atoms with Gasteiger partial charge in [-0.15, -0.1) is 0 Å². The molecule has 1 aliphatic rings. The Balaban J connectivity index is 2.01. The van der Waals surface area contributed by atoms with Gasteiger partial charge in [-0.25, -0.2) is 4.98 Å². The average molecular weight is 318 g/mol. The summed E-state index contributed by atoms with van der Waals surface area (Å²) in [7, 11) is 0. The van der Waals surface area contributed by atoms with Gasteiger partial charge in [0, 0.05) is 5.56 Å². The third-order valence-electron chi connectivity index (χ3n) is 4.28. The van der Waals surface area contributed by atoms with E-state index in [0.717, 1.165) is 17.5 Å². The van der Waals surface area contributed by atoms with E-state index in [1.807, 2.05) is 42.5 Å². The molecule has 0 saturated heterocycles. The summed E-state index contributed by atoms with van der Waals surface area (Å²) in [5.41, 5.74) is 3.67. The Morgan fingerprint density at radius 2 is 1.71 bits per heavy atom. The number of Topliss-reactive ketones (excluding diaryl/α,β-unsaturated/α-hetero) is 1. The molecule has 0 aliphatic carbocycles. The third-order valence-corrected chi connectivity index (χ3v) is 4.28. The number of hydrogen-bond acceptors (Lipinski definition) is 3. The number of benzene rings is 2. The van der Waals surface area contributed by atoms with E-state index in [1.165, 1.54) is 4.57 Å². The molecule has 0 fully saturated rings. The quantitative estimate of drug-likeness (QED) is 0.668. The van der Waals surface area contributed by atoms with Gasteiger partial charge in [0.15, 0.2) is 0 Å². The molecule has 2 heterocycles. The summed E-state index contributed by atoms with van der Waals surface area (Å²) in [5.74, 6) is -0.391. The van der Waals surface area contributed by atoms with Gasteiger partial charge < -0.3 is 0 Å². The molecule has 1 aliphatic heterocycles. The van der Waals surface area contributed by atoms with Crippen molar-refractivity contribution < 1.29 is 9.59 Å². The van der Waals surface area contributed by atoms with Crippen LogP contribution in [0, 0.1) is 5.41 Å². The second-order valence-corrected chi connectivity index (χ2v) is 7.48. The largest absolute Gasteiger partial charge is 0.305 e. The van der Waals surface area contributed by atoms with Crippen LogP contribution in [0.2, 0.25) is 0 Å². The maximum Gasteiger partial charge on any atom is 0.305 e. The molecule has 0 N–H and O–H groups in total. The lowest BCUT2D eigenvalue weighted by Gasteiger charge is -2.19. The summed E-state index contributed by atoms with van der Waals surface area (Å²) in [6.07, 6.45) is 0.739. The van der Waals surface area contributed by atoms with E-state index >= 15 is 0 Å². The first-order valence-electron chi connectivity index (χ1n) is 8.05. The van der Waals surface area contributed by atoms with Crippen molar-refractivity contribution >= 4 is 22.7 Å². The number of nitrogens with zero attached hydrogens (tertiary/aromatic N) is 2. The Labute approximate surface area is 140 Å². The van der Waals surface area contributed by atoms with Crippen molar-refractivity contribution in [1.82, 2.24) is 9.55 Å². The lowest BCUT2D eigenvalue weighted by molar-refractivity contribution is 0.0781. The second kappa shape index (κ2) is 4.87. The van der Waals surface area contributed by atoms with Crippen molar-refractivity contribution in [2.75, 3.05) is 0 Å². The van der Waals surface area contributed by atoms with Gasteiger partial charge in [0.1, 0.15) is 5.82 Å². The summed E-state index contributed by atoms with van der Waals surface area (Å²) in [5, 5.41) is 0. The lowest BCUT2D eigenvalue weighted by Crippen LogP contribution is -2.17. The van der Waals surface area contributed by atoms with E-state index in [1.54, 1.807) is 0 Å². The molecule has 0 amide bonds. The summed E-state index contributed by atoms with van der Waals surface area (Å²) in [4.78, 5) is 29.9. The molecule has 4 heteroatoms. The molecule has 1 aromatic heterocycles. The van der Waals surface area contributed by atoms with E-state index in [9.17, 15) is 9.59 Å². The third kappa shape index (κ3) is 2.10. The van der Waals surface area contributed by atoms with Gasteiger partial charge in [-0.2, -0.15) is 0 Å². The number of imidazole rings is 1. The first-order chi connectivity index (χ1) is 11.4. The van der Waals surface area contributed by atoms with Crippen molar-refractivity contribution in [3.63, 3.8) is 0 Å². The Hall–Kier alpha value is -2.75. The zero-order chi connectivity index (χ0) is 17.1. The van der Waals surface area contributed by atoms with Crippen LogP contribution in [0.5, 0.6) is 0 Å². The molecule has 120 valence electrons. The van der Waals surface area contributed by atoms with Crippen LogP contribution in [-0.4, -0.2) is 21.2 Å². The molecule has 0 unspecified atom stereocenters. The number of carbonyl (C=O) groups is 2. The SMILES string of the molecule is CC(C)(C)Cc1ccc2nc(-c3ccccc3)n3c2c1C(=O)C3=O. The Morgan fingerprint density at radius 3 is 2.38 bits per heavy atom. The molecular formula is C20H18N2O2. The van der Waals surface area contributed by atoms with Gasteiger partial charge in [0.2, 0.25) is 0 Å². The number of aromatic nitrogens is 2. The monoisotopic (exact) mass is 318 g/mol. The lowest BCUT2D eigenvalue weighted by atomic mass is 9.85. The smallest absolute Gasteiger partial charge is 0.283 e. The van der Waals surface area contributed by atoms with Gasteiger partial charge in [-0.05, 0) is 23.5 Å². The molecule has 0 bridgehead atoms. The average Bonchev–Trinajstić information content (AvgIpc) is 3.03. The highest BCUT2D eigenvalue weighted by Gasteiger charge is 2.37. The molecule has 0 spiro atoms. The van der Waals surface area contributed by atoms with Crippen molar-refractivity contribution in [2.45, 2.75) is 27.2 Å². The maximum absolute atomic E-state index is 12.6. The van der Waals surface area contributed by atoms with Crippen LogP contribution in [0.3, 0.4) is 0 Å². The summed E-state index contributed by atoms with van der Waals surface area (Å²) < 4.78 is 1.48. The fourth-order valence-corrected chi connectivity index (χ4v) is 3.37. The van der Waals surface area contributed by atoms with Gasteiger partial charge >= 0.3 is 5.91 Å². The highest BCUT2D eigenvalue weighted by Crippen LogP contribution is 2.35. The zero-order valence-electron chi connectivity index (χ0n) is 14.0. The fourth-order valence-electron chi connectivity index (χ4n) is 3.37. The highest BCUT2D eigenvalue weighted by molar-refractivity contribution is 6.50. The molecule has 3 aromatic rings. The van der Waals surface area contributed by atoms with Crippen LogP contribution in [0.15, 0.2) is 42.5 Å². The van der Waals surface area contributed by atoms with Crippen molar-refractivity contribution in [3.8, 4) is 11.4 Å². The first-order valence-corrected chi connectivity index (χ1v) is 8.05. The van der Waals surface area contributed by atoms with Crippen molar-refractivity contribution in [3.05, 3.63) is 53.6 Å². The van der Waals surface area contributed by atoms with E-state index in [2.05, 4.69) is 25.8 Å². The predicted molar refractivity (Wildman–Crippen MR) is 93.3 cm³/mol. The van der Waals surface area contributed by atoms with Crippen LogP contribution >= 0.6 is 0 Å². The Kier molecular flexibility index (Phi) is 3.01. The van der Waals surface area contributed by atoms with Crippen LogP contribution in [0.25, 0.3) is 22.4 Å². The first kappa shape index (κ1) is 14.8. The Bertz CT molecular complexity index is 992. The number of hydrogen-bond donors (Lipinski definition) is 0. The van der Waals surface area contributed by atoms with Gasteiger partial charge in [0.25, 0.3) is 5.78 Å². The van der Waals surface area contributed by atoms with Gasteiger partial charge in [-0.3, -0.25) is 14.2 Å². The fraction of sp³-hybridized carbons (Fsp3) is 0.250. The van der Waals surface area contributed by atoms with Crippen molar-refractivity contribution in [2.24, 2.45) is 5.41 Å². The minimum Gasteiger partial charge on any atom is -0.283 e. The van der Waals surface area contributed by atoms with E-state index in [4.69, 9.17) is 0 Å². The number of rotatable bonds is 2. The van der Waals surface area contributed by atoms with Crippen LogP contribution in [0.1, 0.15) is 41.5 Å². The van der Waals surface area contributed by atoms with E-state index in [-0.39, 0.29) is 5.41 Å². The molecule has 2 aromatic carbocycles. The molecule has 0 radical (unpaired) electrons. The topological polar surface area (TPSA) is 52.0 Å². The molecule has 4 nitrogen and oxygen atoms in total. The van der Waals surface area contributed by atoms with Crippen molar-refractivity contribution in [1.29, 1.82) is 0 Å². The zero-order valence-corrected chi connectivity index (χ0v) is 14.0. The van der Waals surface area contributed by atoms with Gasteiger partial charge in [-0.1, -0.05) is 57.2 Å². The second-order valence-electron chi connectivity index (χ2n) is 7.48. The molecule has 24 heavy (non-hydrogen) atoms.